The first-order valence-corrected chi connectivity index (χ1v) is 13.2. The van der Waals surface area contributed by atoms with Gasteiger partial charge in [0.25, 0.3) is 5.91 Å². The van der Waals surface area contributed by atoms with Gasteiger partial charge in [0.15, 0.2) is 0 Å². The van der Waals surface area contributed by atoms with Crippen LogP contribution in [0.3, 0.4) is 0 Å². The van der Waals surface area contributed by atoms with Crippen molar-refractivity contribution in [2.24, 2.45) is 0 Å². The average Bonchev–Trinajstić information content (AvgIpc) is 3.46. The molecular formula is C31H29N3O5. The Morgan fingerprint density at radius 3 is 2.69 bits per heavy atom. The van der Waals surface area contributed by atoms with E-state index in [0.717, 1.165) is 60.1 Å². The number of nitrogens with zero attached hydrogens (tertiary/aromatic N) is 3. The molecule has 2 aromatic heterocycles. The maximum atomic E-state index is 13.1. The van der Waals surface area contributed by atoms with Gasteiger partial charge in [0.2, 0.25) is 6.10 Å². The second-order valence-corrected chi connectivity index (χ2v) is 10.2. The van der Waals surface area contributed by atoms with E-state index in [1.54, 1.807) is 19.2 Å². The third kappa shape index (κ3) is 4.26. The van der Waals surface area contributed by atoms with Crippen molar-refractivity contribution < 1.29 is 24.2 Å². The highest BCUT2D eigenvalue weighted by atomic mass is 16.5. The molecule has 8 nitrogen and oxygen atoms in total. The molecule has 1 atom stereocenters. The number of hydrogen-bond acceptors (Lipinski definition) is 6. The number of carboxylic acids is 1. The van der Waals surface area contributed by atoms with Crippen LogP contribution in [0.15, 0.2) is 54.9 Å². The highest BCUT2D eigenvalue weighted by Crippen LogP contribution is 2.44. The molecule has 1 N–H and O–H groups in total. The number of benzene rings is 2. The van der Waals surface area contributed by atoms with Crippen molar-refractivity contribution in [2.75, 3.05) is 19.7 Å². The summed E-state index contributed by atoms with van der Waals surface area (Å²) in [6.45, 7) is 9.31. The molecule has 0 unspecified atom stereocenters. The van der Waals surface area contributed by atoms with Crippen molar-refractivity contribution in [2.45, 2.75) is 39.2 Å². The van der Waals surface area contributed by atoms with Crippen LogP contribution in [0.5, 0.6) is 5.75 Å². The molecule has 6 rings (SSSR count). The van der Waals surface area contributed by atoms with Crippen LogP contribution in [-0.2, 0) is 16.0 Å². The fourth-order valence-electron chi connectivity index (χ4n) is 5.79. The number of carbonyl (C=O) groups excluding carboxylic acids is 1. The van der Waals surface area contributed by atoms with Gasteiger partial charge in [-0.05, 0) is 74.2 Å². The van der Waals surface area contributed by atoms with Gasteiger partial charge in [-0.15, -0.1) is 0 Å². The SMILES string of the molecule is C=C(C)O[C@H](C(=O)O)c1c(C)cc2nc(C(=O)N3CCCC3)ccc2c1-c1ccc2c3c(ccnc13)CCO2. The zero-order valence-corrected chi connectivity index (χ0v) is 22.0. The number of pyridine rings is 2. The summed E-state index contributed by atoms with van der Waals surface area (Å²) in [6, 6.07) is 11.2. The maximum Gasteiger partial charge on any atom is 0.349 e. The number of aromatic nitrogens is 2. The molecule has 39 heavy (non-hydrogen) atoms. The van der Waals surface area contributed by atoms with Crippen LogP contribution in [-0.4, -0.2) is 51.5 Å². The topological polar surface area (TPSA) is 102 Å². The molecule has 0 spiro atoms. The number of aryl methyl sites for hydroxylation is 1. The minimum atomic E-state index is -1.30. The minimum absolute atomic E-state index is 0.0906. The summed E-state index contributed by atoms with van der Waals surface area (Å²) in [7, 11) is 0. The number of carboxylic acid groups (broad SMARTS) is 1. The van der Waals surface area contributed by atoms with E-state index in [0.29, 0.717) is 45.7 Å². The van der Waals surface area contributed by atoms with E-state index in [2.05, 4.69) is 6.58 Å². The Labute approximate surface area is 225 Å². The van der Waals surface area contributed by atoms with E-state index < -0.39 is 12.1 Å². The lowest BCUT2D eigenvalue weighted by Crippen LogP contribution is -2.28. The van der Waals surface area contributed by atoms with E-state index in [4.69, 9.17) is 19.4 Å². The summed E-state index contributed by atoms with van der Waals surface area (Å²) in [6.07, 6.45) is 3.23. The number of aliphatic carboxylic acids is 1. The predicted octanol–water partition coefficient (Wildman–Crippen LogP) is 5.61. The van der Waals surface area contributed by atoms with Gasteiger partial charge in [-0.3, -0.25) is 9.78 Å². The summed E-state index contributed by atoms with van der Waals surface area (Å²) in [4.78, 5) is 37.0. The lowest BCUT2D eigenvalue weighted by atomic mass is 9.86. The van der Waals surface area contributed by atoms with Crippen molar-refractivity contribution in [1.82, 2.24) is 14.9 Å². The Morgan fingerprint density at radius 2 is 1.95 bits per heavy atom. The fraction of sp³-hybridized carbons (Fsp3) is 0.290. The van der Waals surface area contributed by atoms with Crippen LogP contribution >= 0.6 is 0 Å². The molecule has 0 radical (unpaired) electrons. The molecule has 2 aromatic carbocycles. The van der Waals surface area contributed by atoms with E-state index in [1.807, 2.05) is 42.2 Å². The van der Waals surface area contributed by atoms with E-state index in [1.165, 1.54) is 0 Å². The first kappa shape index (κ1) is 24.9. The summed E-state index contributed by atoms with van der Waals surface area (Å²) < 4.78 is 11.7. The van der Waals surface area contributed by atoms with E-state index in [-0.39, 0.29) is 5.91 Å². The second-order valence-electron chi connectivity index (χ2n) is 10.2. The molecule has 0 bridgehead atoms. The summed E-state index contributed by atoms with van der Waals surface area (Å²) >= 11 is 0. The number of allylic oxidation sites excluding steroid dienone is 1. The molecule has 0 aliphatic carbocycles. The Morgan fingerprint density at radius 1 is 1.15 bits per heavy atom. The predicted molar refractivity (Wildman–Crippen MR) is 148 cm³/mol. The third-order valence-electron chi connectivity index (χ3n) is 7.50. The summed E-state index contributed by atoms with van der Waals surface area (Å²) in [5.74, 6) is -0.172. The lowest BCUT2D eigenvalue weighted by molar-refractivity contribution is -0.148. The van der Waals surface area contributed by atoms with Crippen molar-refractivity contribution in [3.63, 3.8) is 0 Å². The van der Waals surface area contributed by atoms with Gasteiger partial charge in [-0.25, -0.2) is 9.78 Å². The maximum absolute atomic E-state index is 13.1. The van der Waals surface area contributed by atoms with Gasteiger partial charge in [-0.1, -0.05) is 6.58 Å². The monoisotopic (exact) mass is 523 g/mol. The van der Waals surface area contributed by atoms with Crippen LogP contribution in [0.1, 0.15) is 53.0 Å². The second kappa shape index (κ2) is 9.69. The third-order valence-corrected chi connectivity index (χ3v) is 7.50. The number of ether oxygens (including phenoxy) is 2. The molecule has 0 saturated carbocycles. The van der Waals surface area contributed by atoms with Crippen LogP contribution in [0, 0.1) is 6.92 Å². The molecule has 1 fully saturated rings. The molecule has 8 heteroatoms. The number of rotatable bonds is 6. The zero-order chi connectivity index (χ0) is 27.3. The molecule has 1 amide bonds. The number of amides is 1. The molecule has 1 saturated heterocycles. The normalized spacial score (nSPS) is 15.3. The van der Waals surface area contributed by atoms with Gasteiger partial charge in [-0.2, -0.15) is 0 Å². The number of hydrogen-bond donors (Lipinski definition) is 1. The van der Waals surface area contributed by atoms with Gasteiger partial charge in [0, 0.05) is 53.2 Å². The Bertz CT molecular complexity index is 1660. The van der Waals surface area contributed by atoms with Gasteiger partial charge < -0.3 is 19.5 Å². The molecule has 2 aliphatic heterocycles. The first-order valence-electron chi connectivity index (χ1n) is 13.2. The zero-order valence-electron chi connectivity index (χ0n) is 22.0. The largest absolute Gasteiger partial charge is 0.493 e. The molecule has 2 aliphatic rings. The Kier molecular flexibility index (Phi) is 6.17. The number of likely N-dealkylation sites (tertiary alicyclic amines) is 1. The highest BCUT2D eigenvalue weighted by molar-refractivity contribution is 6.09. The standard InChI is InChI=1S/C31H29N3O5/c1-17(2)39-29(31(36)37)25-18(3)16-23-20(6-8-22(33-23)30(35)34-13-4-5-14-34)27(25)21-7-9-24-26-19(11-15-38-24)10-12-32-28(21)26/h6-10,12,16,29H,1,4-5,11,13-15H2,2-3H3,(H,36,37)/t29-/m0/s1. The fourth-order valence-corrected chi connectivity index (χ4v) is 5.79. The number of fused-ring (bicyclic) bond motifs is 1. The van der Waals surface area contributed by atoms with Gasteiger partial charge in [0.1, 0.15) is 11.4 Å². The minimum Gasteiger partial charge on any atom is -0.493 e. The van der Waals surface area contributed by atoms with E-state index in [9.17, 15) is 14.7 Å². The quantitative estimate of drug-likeness (QED) is 0.328. The Balaban J connectivity index is 1.65. The highest BCUT2D eigenvalue weighted by Gasteiger charge is 2.31. The van der Waals surface area contributed by atoms with Gasteiger partial charge in [0.05, 0.1) is 23.4 Å². The van der Waals surface area contributed by atoms with Crippen LogP contribution in [0.25, 0.3) is 32.9 Å². The van der Waals surface area contributed by atoms with Crippen LogP contribution in [0.2, 0.25) is 0 Å². The smallest absolute Gasteiger partial charge is 0.349 e. The average molecular weight is 524 g/mol. The van der Waals surface area contributed by atoms with Gasteiger partial charge >= 0.3 is 5.97 Å². The lowest BCUT2D eigenvalue weighted by Gasteiger charge is -2.25. The van der Waals surface area contributed by atoms with Crippen molar-refractivity contribution in [3.8, 4) is 16.9 Å². The Hall–Kier alpha value is -4.46. The molecule has 198 valence electrons. The van der Waals surface area contributed by atoms with Crippen molar-refractivity contribution >= 4 is 33.7 Å². The van der Waals surface area contributed by atoms with Crippen molar-refractivity contribution in [3.05, 3.63) is 77.3 Å². The summed E-state index contributed by atoms with van der Waals surface area (Å²) in [5, 5.41) is 11.9. The molecule has 4 aromatic rings. The first-order chi connectivity index (χ1) is 18.8. The molecular weight excluding hydrogens is 494 g/mol. The van der Waals surface area contributed by atoms with Crippen LogP contribution in [0.4, 0.5) is 0 Å². The van der Waals surface area contributed by atoms with Crippen LogP contribution < -0.4 is 4.74 Å². The molecule has 4 heterocycles. The number of carbonyl (C=O) groups is 2. The van der Waals surface area contributed by atoms with E-state index >= 15 is 0 Å². The van der Waals surface area contributed by atoms with Crippen molar-refractivity contribution in [1.29, 1.82) is 0 Å². The summed E-state index contributed by atoms with van der Waals surface area (Å²) in [5.41, 5.74) is 5.42.